The smallest absolute Gasteiger partial charge is 0.222 e. The Hall–Kier alpha value is -2.14. The molecule has 1 atom stereocenters. The van der Waals surface area contributed by atoms with Crippen molar-refractivity contribution in [2.75, 3.05) is 20.1 Å². The summed E-state index contributed by atoms with van der Waals surface area (Å²) in [6.07, 6.45) is 3.60. The van der Waals surface area contributed by atoms with E-state index in [0.717, 1.165) is 44.6 Å². The highest BCUT2D eigenvalue weighted by molar-refractivity contribution is 5.76. The van der Waals surface area contributed by atoms with Crippen LogP contribution in [0.15, 0.2) is 30.3 Å². The first-order valence-electron chi connectivity index (χ1n) is 9.96. The summed E-state index contributed by atoms with van der Waals surface area (Å²) in [5.74, 6) is 0.274. The number of likely N-dealkylation sites (N-methyl/N-ethyl adjacent to an activating group) is 1. The van der Waals surface area contributed by atoms with Crippen LogP contribution in [0.5, 0.6) is 0 Å². The average Bonchev–Trinajstić information content (AvgIpc) is 2.92. The first-order valence-corrected chi connectivity index (χ1v) is 9.96. The molecule has 1 fully saturated rings. The van der Waals surface area contributed by atoms with E-state index < -0.39 is 0 Å². The minimum atomic E-state index is 0.274. The largest absolute Gasteiger partial charge is 0.341 e. The SMILES string of the molecule is Cc1nn(C)c(C)c1CCC(=O)N1CCC[C@H](N(C)Cc2ccccc2)C1. The van der Waals surface area contributed by atoms with Crippen LogP contribution >= 0.6 is 0 Å². The third-order valence-corrected chi connectivity index (χ3v) is 5.90. The molecule has 27 heavy (non-hydrogen) atoms. The van der Waals surface area contributed by atoms with Gasteiger partial charge in [-0.05, 0) is 51.3 Å². The Kier molecular flexibility index (Phi) is 6.32. The number of piperidine rings is 1. The molecule has 0 bridgehead atoms. The molecule has 1 aromatic carbocycles. The molecule has 2 heterocycles. The Bertz CT molecular complexity index is 768. The number of nitrogens with zero attached hydrogens (tertiary/aromatic N) is 4. The molecule has 0 N–H and O–H groups in total. The molecule has 0 radical (unpaired) electrons. The fourth-order valence-corrected chi connectivity index (χ4v) is 4.11. The number of hydrogen-bond donors (Lipinski definition) is 0. The van der Waals surface area contributed by atoms with Crippen LogP contribution in [0.1, 0.15) is 41.8 Å². The van der Waals surface area contributed by atoms with Gasteiger partial charge in [-0.3, -0.25) is 14.4 Å². The number of amides is 1. The molecule has 2 aromatic rings. The van der Waals surface area contributed by atoms with Gasteiger partial charge < -0.3 is 4.90 Å². The van der Waals surface area contributed by atoms with Crippen molar-refractivity contribution in [3.05, 3.63) is 52.8 Å². The zero-order chi connectivity index (χ0) is 19.4. The molecule has 1 aromatic heterocycles. The number of carbonyl (C=O) groups is 1. The molecule has 0 spiro atoms. The van der Waals surface area contributed by atoms with E-state index in [1.807, 2.05) is 18.7 Å². The van der Waals surface area contributed by atoms with Crippen molar-refractivity contribution in [3.8, 4) is 0 Å². The Labute approximate surface area is 163 Å². The summed E-state index contributed by atoms with van der Waals surface area (Å²) in [6, 6.07) is 11.0. The molecule has 3 rings (SSSR count). The van der Waals surface area contributed by atoms with Gasteiger partial charge >= 0.3 is 0 Å². The lowest BCUT2D eigenvalue weighted by Gasteiger charge is -2.38. The fourth-order valence-electron chi connectivity index (χ4n) is 4.11. The molecule has 0 aliphatic carbocycles. The van der Waals surface area contributed by atoms with Crippen LogP contribution in [0.4, 0.5) is 0 Å². The van der Waals surface area contributed by atoms with Crippen LogP contribution in [0, 0.1) is 13.8 Å². The van der Waals surface area contributed by atoms with Crippen LogP contribution in [0.2, 0.25) is 0 Å². The molecule has 1 aliphatic rings. The second kappa shape index (κ2) is 8.70. The monoisotopic (exact) mass is 368 g/mol. The predicted molar refractivity (Wildman–Crippen MR) is 109 cm³/mol. The second-order valence-electron chi connectivity index (χ2n) is 7.81. The van der Waals surface area contributed by atoms with E-state index in [4.69, 9.17) is 0 Å². The molecule has 1 amide bonds. The van der Waals surface area contributed by atoms with Gasteiger partial charge in [-0.1, -0.05) is 30.3 Å². The van der Waals surface area contributed by atoms with E-state index in [0.29, 0.717) is 12.5 Å². The van der Waals surface area contributed by atoms with E-state index in [1.54, 1.807) is 0 Å². The number of aromatic nitrogens is 2. The highest BCUT2D eigenvalue weighted by atomic mass is 16.2. The molecule has 146 valence electrons. The summed E-state index contributed by atoms with van der Waals surface area (Å²) in [7, 11) is 4.14. The fraction of sp³-hybridized carbons (Fsp3) is 0.545. The lowest BCUT2D eigenvalue weighted by atomic mass is 10.0. The van der Waals surface area contributed by atoms with Crippen molar-refractivity contribution >= 4 is 5.91 Å². The predicted octanol–water partition coefficient (Wildman–Crippen LogP) is 3.09. The summed E-state index contributed by atoms with van der Waals surface area (Å²) in [4.78, 5) is 17.3. The summed E-state index contributed by atoms with van der Waals surface area (Å²) in [6.45, 7) is 6.77. The molecule has 1 aliphatic heterocycles. The Morgan fingerprint density at radius 3 is 2.67 bits per heavy atom. The summed E-state index contributed by atoms with van der Waals surface area (Å²) in [5, 5.41) is 4.46. The first kappa shape index (κ1) is 19.6. The van der Waals surface area contributed by atoms with Gasteiger partial charge in [0.15, 0.2) is 0 Å². The topological polar surface area (TPSA) is 41.4 Å². The zero-order valence-electron chi connectivity index (χ0n) is 17.1. The van der Waals surface area contributed by atoms with Gasteiger partial charge in [0.25, 0.3) is 0 Å². The van der Waals surface area contributed by atoms with E-state index in [-0.39, 0.29) is 5.91 Å². The number of rotatable bonds is 6. The second-order valence-corrected chi connectivity index (χ2v) is 7.81. The van der Waals surface area contributed by atoms with Gasteiger partial charge in [-0.2, -0.15) is 5.10 Å². The van der Waals surface area contributed by atoms with Gasteiger partial charge in [0.05, 0.1) is 5.69 Å². The van der Waals surface area contributed by atoms with Crippen molar-refractivity contribution in [1.29, 1.82) is 0 Å². The molecule has 5 nitrogen and oxygen atoms in total. The first-order chi connectivity index (χ1) is 13.0. The Morgan fingerprint density at radius 2 is 2.00 bits per heavy atom. The third kappa shape index (κ3) is 4.78. The van der Waals surface area contributed by atoms with Crippen LogP contribution in [-0.4, -0.2) is 51.7 Å². The van der Waals surface area contributed by atoms with E-state index in [9.17, 15) is 4.79 Å². The van der Waals surface area contributed by atoms with Crippen molar-refractivity contribution in [3.63, 3.8) is 0 Å². The highest BCUT2D eigenvalue weighted by Crippen LogP contribution is 2.19. The Morgan fingerprint density at radius 1 is 1.26 bits per heavy atom. The molecule has 5 heteroatoms. The normalized spacial score (nSPS) is 17.5. The van der Waals surface area contributed by atoms with E-state index in [1.165, 1.54) is 16.8 Å². The van der Waals surface area contributed by atoms with Crippen molar-refractivity contribution in [2.24, 2.45) is 7.05 Å². The summed E-state index contributed by atoms with van der Waals surface area (Å²) < 4.78 is 1.91. The van der Waals surface area contributed by atoms with Crippen molar-refractivity contribution < 1.29 is 4.79 Å². The van der Waals surface area contributed by atoms with Gasteiger partial charge in [0.2, 0.25) is 5.91 Å². The van der Waals surface area contributed by atoms with Crippen LogP contribution < -0.4 is 0 Å². The number of likely N-dealkylation sites (tertiary alicyclic amines) is 1. The lowest BCUT2D eigenvalue weighted by molar-refractivity contribution is -0.133. The molecule has 1 saturated heterocycles. The van der Waals surface area contributed by atoms with Crippen LogP contribution in [0.25, 0.3) is 0 Å². The average molecular weight is 369 g/mol. The minimum Gasteiger partial charge on any atom is -0.341 e. The maximum Gasteiger partial charge on any atom is 0.222 e. The van der Waals surface area contributed by atoms with Gasteiger partial charge in [0.1, 0.15) is 0 Å². The molecule has 0 saturated carbocycles. The molecular weight excluding hydrogens is 336 g/mol. The number of carbonyl (C=O) groups excluding carboxylic acids is 1. The molecular formula is C22H32N4O. The highest BCUT2D eigenvalue weighted by Gasteiger charge is 2.26. The van der Waals surface area contributed by atoms with E-state index in [2.05, 4.69) is 59.2 Å². The summed E-state index contributed by atoms with van der Waals surface area (Å²) in [5.41, 5.74) is 4.76. The quantitative estimate of drug-likeness (QED) is 0.787. The number of aryl methyl sites for hydroxylation is 2. The van der Waals surface area contributed by atoms with Crippen molar-refractivity contribution in [2.45, 2.75) is 52.1 Å². The lowest BCUT2D eigenvalue weighted by Crippen LogP contribution is -2.48. The minimum absolute atomic E-state index is 0.274. The maximum absolute atomic E-state index is 12.8. The summed E-state index contributed by atoms with van der Waals surface area (Å²) >= 11 is 0. The van der Waals surface area contributed by atoms with Crippen LogP contribution in [-0.2, 0) is 24.8 Å². The standard InChI is InChI=1S/C22H32N4O/c1-17-21(18(2)25(4)23-17)12-13-22(27)26-14-8-11-20(16-26)24(3)15-19-9-6-5-7-10-19/h5-7,9-10,20H,8,11-16H2,1-4H3/t20-/m0/s1. The maximum atomic E-state index is 12.8. The van der Waals surface area contributed by atoms with E-state index >= 15 is 0 Å². The number of benzene rings is 1. The van der Waals surface area contributed by atoms with Crippen molar-refractivity contribution in [1.82, 2.24) is 19.6 Å². The Balaban J connectivity index is 1.54. The molecule has 0 unspecified atom stereocenters. The van der Waals surface area contributed by atoms with Gasteiger partial charge in [0, 0.05) is 44.8 Å². The van der Waals surface area contributed by atoms with Crippen LogP contribution in [0.3, 0.4) is 0 Å². The van der Waals surface area contributed by atoms with Gasteiger partial charge in [-0.25, -0.2) is 0 Å². The zero-order valence-corrected chi connectivity index (χ0v) is 17.1. The number of hydrogen-bond acceptors (Lipinski definition) is 3. The van der Waals surface area contributed by atoms with Gasteiger partial charge in [-0.15, -0.1) is 0 Å². The third-order valence-electron chi connectivity index (χ3n) is 5.90.